The molecule has 0 saturated carbocycles. The second kappa shape index (κ2) is 17.6. The molecule has 138 valence electrons. The van der Waals surface area contributed by atoms with Crippen molar-refractivity contribution in [2.75, 3.05) is 86.7 Å². The molecule has 0 radical (unpaired) electrons. The minimum Gasteiger partial charge on any atom is -0.481 e. The van der Waals surface area contributed by atoms with Gasteiger partial charge in [0.15, 0.2) is 0 Å². The molecule has 0 unspecified atom stereocenters. The van der Waals surface area contributed by atoms with Crippen molar-refractivity contribution in [1.29, 1.82) is 0 Å². The van der Waals surface area contributed by atoms with Crippen molar-refractivity contribution in [3.63, 3.8) is 0 Å². The zero-order valence-corrected chi connectivity index (χ0v) is 14.3. The molecule has 0 spiro atoms. The number of hydrogen-bond acceptors (Lipinski definition) is 7. The molecule has 0 saturated heterocycles. The van der Waals surface area contributed by atoms with Gasteiger partial charge >= 0.3 is 5.97 Å². The first-order valence-corrected chi connectivity index (χ1v) is 7.88. The lowest BCUT2D eigenvalue weighted by molar-refractivity contribution is -0.138. The highest BCUT2D eigenvalue weighted by Crippen LogP contribution is 1.86. The van der Waals surface area contributed by atoms with Crippen LogP contribution in [0.4, 0.5) is 0 Å². The maximum absolute atomic E-state index is 10.2. The number of carbonyl (C=O) groups is 1. The molecule has 0 amide bonds. The third-order valence-corrected chi connectivity index (χ3v) is 2.63. The molecule has 23 heavy (non-hydrogen) atoms. The third-order valence-electron chi connectivity index (χ3n) is 2.63. The highest BCUT2D eigenvalue weighted by atomic mass is 16.6. The van der Waals surface area contributed by atoms with Crippen LogP contribution in [-0.2, 0) is 28.5 Å². The summed E-state index contributed by atoms with van der Waals surface area (Å²) in [5.41, 5.74) is 0. The van der Waals surface area contributed by atoms with E-state index in [0.29, 0.717) is 59.5 Å². The van der Waals surface area contributed by atoms with E-state index in [-0.39, 0.29) is 13.0 Å². The molecule has 0 aromatic heterocycles. The molecule has 0 bridgehead atoms. The van der Waals surface area contributed by atoms with Gasteiger partial charge in [-0.25, -0.2) is 0 Å². The van der Waals surface area contributed by atoms with Gasteiger partial charge in [0.05, 0.1) is 72.5 Å². The van der Waals surface area contributed by atoms with Gasteiger partial charge < -0.3 is 33.7 Å². The summed E-state index contributed by atoms with van der Waals surface area (Å²) in [5.74, 6) is -0.860. The minimum atomic E-state index is -0.860. The predicted molar refractivity (Wildman–Crippen MR) is 84.9 cm³/mol. The zero-order valence-electron chi connectivity index (χ0n) is 14.3. The number of carboxylic acids is 1. The average molecular weight is 337 g/mol. The number of carboxylic acid groups (broad SMARTS) is 1. The van der Waals surface area contributed by atoms with E-state index in [4.69, 9.17) is 28.8 Å². The van der Waals surface area contributed by atoms with Crippen molar-refractivity contribution < 1.29 is 33.6 Å². The van der Waals surface area contributed by atoms with Crippen LogP contribution in [0.3, 0.4) is 0 Å². The van der Waals surface area contributed by atoms with E-state index in [1.165, 1.54) is 0 Å². The monoisotopic (exact) mass is 337 g/mol. The number of hydrogen-bond donors (Lipinski definition) is 1. The molecule has 0 atom stereocenters. The molecule has 0 aromatic rings. The maximum Gasteiger partial charge on any atom is 0.305 e. The summed E-state index contributed by atoms with van der Waals surface area (Å²) in [4.78, 5) is 12.3. The molecule has 0 aliphatic carbocycles. The van der Waals surface area contributed by atoms with E-state index in [0.717, 1.165) is 6.54 Å². The van der Waals surface area contributed by atoms with Crippen LogP contribution >= 0.6 is 0 Å². The van der Waals surface area contributed by atoms with Crippen molar-refractivity contribution in [1.82, 2.24) is 4.90 Å². The lowest BCUT2D eigenvalue weighted by Crippen LogP contribution is -2.19. The fourth-order valence-electron chi connectivity index (χ4n) is 1.39. The summed E-state index contributed by atoms with van der Waals surface area (Å²) in [6, 6.07) is 0. The predicted octanol–water partition coefficient (Wildman–Crippen LogP) is 0.106. The topological polar surface area (TPSA) is 86.7 Å². The van der Waals surface area contributed by atoms with Gasteiger partial charge in [-0.2, -0.15) is 0 Å². The fourth-order valence-corrected chi connectivity index (χ4v) is 1.39. The summed E-state index contributed by atoms with van der Waals surface area (Å²) >= 11 is 0. The molecular formula is C15H31NO7. The summed E-state index contributed by atoms with van der Waals surface area (Å²) in [5, 5.41) is 8.40. The molecule has 1 N–H and O–H groups in total. The Morgan fingerprint density at radius 2 is 1.04 bits per heavy atom. The van der Waals surface area contributed by atoms with E-state index >= 15 is 0 Å². The molecule has 0 rings (SSSR count). The van der Waals surface area contributed by atoms with E-state index in [1.807, 2.05) is 14.1 Å². The second-order valence-electron chi connectivity index (χ2n) is 5.01. The lowest BCUT2D eigenvalue weighted by Gasteiger charge is -2.10. The highest BCUT2D eigenvalue weighted by Gasteiger charge is 1.96. The second-order valence-corrected chi connectivity index (χ2v) is 5.01. The number of likely N-dealkylation sites (N-methyl/N-ethyl adjacent to an activating group) is 1. The van der Waals surface area contributed by atoms with Crippen LogP contribution in [0.5, 0.6) is 0 Å². The fraction of sp³-hybridized carbons (Fsp3) is 0.933. The van der Waals surface area contributed by atoms with Crippen LogP contribution in [0.2, 0.25) is 0 Å². The van der Waals surface area contributed by atoms with Gasteiger partial charge in [-0.3, -0.25) is 4.79 Å². The molecule has 0 aliphatic rings. The molecule has 8 nitrogen and oxygen atoms in total. The van der Waals surface area contributed by atoms with Crippen molar-refractivity contribution in [2.45, 2.75) is 6.42 Å². The van der Waals surface area contributed by atoms with E-state index in [9.17, 15) is 4.79 Å². The Hall–Kier alpha value is -0.770. The van der Waals surface area contributed by atoms with Gasteiger partial charge in [0.2, 0.25) is 0 Å². The van der Waals surface area contributed by atoms with E-state index in [2.05, 4.69) is 4.90 Å². The Bertz CT molecular complexity index is 264. The summed E-state index contributed by atoms with van der Waals surface area (Å²) in [6.07, 6.45) is 0.0177. The summed E-state index contributed by atoms with van der Waals surface area (Å²) < 4.78 is 26.4. The van der Waals surface area contributed by atoms with Gasteiger partial charge in [-0.1, -0.05) is 0 Å². The quantitative estimate of drug-likeness (QED) is 0.353. The third kappa shape index (κ3) is 21.2. The largest absolute Gasteiger partial charge is 0.481 e. The Kier molecular flexibility index (Phi) is 17.0. The molecule has 0 aliphatic heterocycles. The van der Waals surface area contributed by atoms with Crippen LogP contribution in [-0.4, -0.2) is 103 Å². The average Bonchev–Trinajstić information content (AvgIpc) is 2.49. The van der Waals surface area contributed by atoms with Crippen LogP contribution in [0.25, 0.3) is 0 Å². The first-order chi connectivity index (χ1) is 11.1. The molecular weight excluding hydrogens is 306 g/mol. The molecule has 8 heteroatoms. The number of ether oxygens (including phenoxy) is 5. The maximum atomic E-state index is 10.2. The van der Waals surface area contributed by atoms with Crippen molar-refractivity contribution in [2.24, 2.45) is 0 Å². The van der Waals surface area contributed by atoms with Crippen LogP contribution < -0.4 is 0 Å². The Balaban J connectivity index is 2.99. The standard InChI is InChI=1S/C15H31NO7/c1-16(2)4-6-20-8-10-22-12-14-23-13-11-21-9-7-19-5-3-15(17)18/h3-14H2,1-2H3,(H,17,18). The Labute approximate surface area is 138 Å². The molecule has 0 fully saturated rings. The molecule has 0 heterocycles. The highest BCUT2D eigenvalue weighted by molar-refractivity contribution is 5.66. The van der Waals surface area contributed by atoms with Gasteiger partial charge in [-0.15, -0.1) is 0 Å². The zero-order chi connectivity index (χ0) is 17.2. The smallest absolute Gasteiger partial charge is 0.305 e. The normalized spacial score (nSPS) is 11.3. The van der Waals surface area contributed by atoms with Gasteiger partial charge in [0.25, 0.3) is 0 Å². The van der Waals surface area contributed by atoms with Crippen LogP contribution in [0, 0.1) is 0 Å². The number of aliphatic carboxylic acids is 1. The lowest BCUT2D eigenvalue weighted by atomic mass is 10.5. The first-order valence-electron chi connectivity index (χ1n) is 7.88. The number of rotatable bonds is 18. The first kappa shape index (κ1) is 22.2. The van der Waals surface area contributed by atoms with Crippen molar-refractivity contribution in [3.8, 4) is 0 Å². The Morgan fingerprint density at radius 3 is 1.39 bits per heavy atom. The van der Waals surface area contributed by atoms with Crippen LogP contribution in [0.15, 0.2) is 0 Å². The van der Waals surface area contributed by atoms with Crippen molar-refractivity contribution >= 4 is 5.97 Å². The van der Waals surface area contributed by atoms with Gasteiger partial charge in [0.1, 0.15) is 0 Å². The van der Waals surface area contributed by atoms with Crippen molar-refractivity contribution in [3.05, 3.63) is 0 Å². The van der Waals surface area contributed by atoms with Crippen LogP contribution in [0.1, 0.15) is 6.42 Å². The van der Waals surface area contributed by atoms with E-state index < -0.39 is 5.97 Å². The number of nitrogens with zero attached hydrogens (tertiary/aromatic N) is 1. The molecule has 0 aromatic carbocycles. The minimum absolute atomic E-state index is 0.0177. The summed E-state index contributed by atoms with van der Waals surface area (Å²) in [6.45, 7) is 5.87. The van der Waals surface area contributed by atoms with E-state index in [1.54, 1.807) is 0 Å². The summed E-state index contributed by atoms with van der Waals surface area (Å²) in [7, 11) is 4.01. The SMILES string of the molecule is CN(C)CCOCCOCCOCCOCCOCCC(=O)O. The van der Waals surface area contributed by atoms with Gasteiger partial charge in [-0.05, 0) is 14.1 Å². The Morgan fingerprint density at radius 1 is 0.696 bits per heavy atom. The van der Waals surface area contributed by atoms with Gasteiger partial charge in [0, 0.05) is 6.54 Å².